The van der Waals surface area contributed by atoms with E-state index in [1.54, 1.807) is 31.3 Å². The molecule has 0 atom stereocenters. The number of imide groups is 1. The molecule has 0 spiro atoms. The second kappa shape index (κ2) is 10.0. The summed E-state index contributed by atoms with van der Waals surface area (Å²) < 4.78 is 2.02. The van der Waals surface area contributed by atoms with Gasteiger partial charge in [0.2, 0.25) is 0 Å². The lowest BCUT2D eigenvalue weighted by molar-refractivity contribution is 0.0652. The van der Waals surface area contributed by atoms with Gasteiger partial charge < -0.3 is 10.6 Å². The molecule has 0 aliphatic carbocycles. The molecule has 0 saturated heterocycles. The van der Waals surface area contributed by atoms with E-state index in [-0.39, 0.29) is 11.8 Å². The lowest BCUT2D eigenvalue weighted by Crippen LogP contribution is -2.38. The van der Waals surface area contributed by atoms with Crippen molar-refractivity contribution in [2.24, 2.45) is 4.99 Å². The fraction of sp³-hybridized carbons (Fsp3) is 0.455. The zero-order chi connectivity index (χ0) is 21.5. The zero-order valence-electron chi connectivity index (χ0n) is 17.9. The summed E-state index contributed by atoms with van der Waals surface area (Å²) in [5.41, 5.74) is 3.23. The number of aryl methyl sites for hydroxylation is 3. The second-order valence-corrected chi connectivity index (χ2v) is 7.44. The molecule has 0 unspecified atom stereocenters. The molecule has 8 heteroatoms. The average Bonchev–Trinajstić information content (AvgIpc) is 3.19. The molecule has 3 rings (SSSR count). The van der Waals surface area contributed by atoms with Crippen LogP contribution in [0.2, 0.25) is 0 Å². The third-order valence-electron chi connectivity index (χ3n) is 5.15. The highest BCUT2D eigenvalue weighted by Crippen LogP contribution is 2.22. The molecule has 0 radical (unpaired) electrons. The molecule has 1 aromatic carbocycles. The molecular formula is C22H30N6O2. The van der Waals surface area contributed by atoms with Gasteiger partial charge in [0, 0.05) is 38.9 Å². The number of guanidine groups is 1. The number of fused-ring (bicyclic) bond motifs is 1. The van der Waals surface area contributed by atoms with Crippen molar-refractivity contribution in [3.8, 4) is 0 Å². The smallest absolute Gasteiger partial charge is 0.261 e. The summed E-state index contributed by atoms with van der Waals surface area (Å²) in [6.07, 6.45) is 2.52. The maximum Gasteiger partial charge on any atom is 0.261 e. The Morgan fingerprint density at radius 1 is 0.967 bits per heavy atom. The predicted molar refractivity (Wildman–Crippen MR) is 117 cm³/mol. The fourth-order valence-electron chi connectivity index (χ4n) is 3.60. The molecule has 0 fully saturated rings. The van der Waals surface area contributed by atoms with Crippen molar-refractivity contribution >= 4 is 17.8 Å². The Kier molecular flexibility index (Phi) is 7.21. The van der Waals surface area contributed by atoms with E-state index in [9.17, 15) is 9.59 Å². The lowest BCUT2D eigenvalue weighted by atomic mass is 10.1. The molecule has 2 amide bonds. The van der Waals surface area contributed by atoms with Gasteiger partial charge in [0.1, 0.15) is 0 Å². The Labute approximate surface area is 177 Å². The summed E-state index contributed by atoms with van der Waals surface area (Å²) in [6.45, 7) is 6.89. The van der Waals surface area contributed by atoms with E-state index in [0.717, 1.165) is 50.6 Å². The molecule has 0 bridgehead atoms. The quantitative estimate of drug-likeness (QED) is 0.286. The van der Waals surface area contributed by atoms with E-state index in [2.05, 4.69) is 33.7 Å². The highest BCUT2D eigenvalue weighted by molar-refractivity contribution is 6.21. The molecule has 1 aliphatic rings. The van der Waals surface area contributed by atoms with Crippen LogP contribution in [0, 0.1) is 13.8 Å². The first-order chi connectivity index (χ1) is 14.5. The minimum atomic E-state index is -0.191. The van der Waals surface area contributed by atoms with Gasteiger partial charge in [-0.3, -0.25) is 24.2 Å². The minimum absolute atomic E-state index is 0.191. The van der Waals surface area contributed by atoms with Crippen LogP contribution in [0.3, 0.4) is 0 Å². The van der Waals surface area contributed by atoms with Gasteiger partial charge in [-0.1, -0.05) is 12.1 Å². The van der Waals surface area contributed by atoms with E-state index >= 15 is 0 Å². The first kappa shape index (κ1) is 21.5. The molecule has 2 heterocycles. The van der Waals surface area contributed by atoms with Crippen molar-refractivity contribution in [1.29, 1.82) is 0 Å². The van der Waals surface area contributed by atoms with Crippen molar-refractivity contribution in [2.75, 3.05) is 26.7 Å². The van der Waals surface area contributed by atoms with Crippen LogP contribution in [0.1, 0.15) is 51.4 Å². The monoisotopic (exact) mass is 410 g/mol. The van der Waals surface area contributed by atoms with E-state index in [1.807, 2.05) is 11.6 Å². The number of aliphatic imine (C=N–C) groups is 1. The third kappa shape index (κ3) is 5.06. The molecule has 1 aliphatic heterocycles. The Bertz CT molecular complexity index is 898. The van der Waals surface area contributed by atoms with Crippen LogP contribution in [0.15, 0.2) is 35.3 Å². The number of carbonyl (C=O) groups excluding carboxylic acids is 2. The normalized spacial score (nSPS) is 13.7. The van der Waals surface area contributed by atoms with Crippen LogP contribution in [-0.4, -0.2) is 59.1 Å². The number of hydrogen-bond donors (Lipinski definition) is 2. The molecule has 0 saturated carbocycles. The summed E-state index contributed by atoms with van der Waals surface area (Å²) in [5, 5.41) is 11.0. The number of aromatic nitrogens is 2. The number of carbonyl (C=O) groups is 2. The van der Waals surface area contributed by atoms with E-state index in [4.69, 9.17) is 0 Å². The maximum atomic E-state index is 12.4. The van der Waals surface area contributed by atoms with Crippen LogP contribution >= 0.6 is 0 Å². The predicted octanol–water partition coefficient (Wildman–Crippen LogP) is 2.13. The van der Waals surface area contributed by atoms with Crippen molar-refractivity contribution in [3.63, 3.8) is 0 Å². The number of unbranched alkanes of at least 4 members (excludes halogenated alkanes) is 1. The van der Waals surface area contributed by atoms with E-state index in [1.165, 1.54) is 10.6 Å². The Morgan fingerprint density at radius 2 is 1.60 bits per heavy atom. The minimum Gasteiger partial charge on any atom is -0.356 e. The van der Waals surface area contributed by atoms with Crippen LogP contribution in [0.5, 0.6) is 0 Å². The van der Waals surface area contributed by atoms with Crippen LogP contribution in [0.25, 0.3) is 0 Å². The largest absolute Gasteiger partial charge is 0.356 e. The molecular weight excluding hydrogens is 380 g/mol. The summed E-state index contributed by atoms with van der Waals surface area (Å²) in [7, 11) is 1.75. The van der Waals surface area contributed by atoms with Gasteiger partial charge in [-0.2, -0.15) is 5.10 Å². The highest BCUT2D eigenvalue weighted by atomic mass is 16.2. The van der Waals surface area contributed by atoms with Crippen LogP contribution in [0.4, 0.5) is 0 Å². The summed E-state index contributed by atoms with van der Waals surface area (Å²) >= 11 is 0. The average molecular weight is 411 g/mol. The molecule has 30 heavy (non-hydrogen) atoms. The molecule has 160 valence electrons. The van der Waals surface area contributed by atoms with Gasteiger partial charge in [0.25, 0.3) is 11.8 Å². The standard InChI is InChI=1S/C22H30N6O2/c1-16-15-17(2)28(26-16)14-8-12-25-22(23-3)24-11-6-7-13-27-20(29)18-9-4-5-10-19(18)21(27)30/h4-5,9-10,15H,6-8,11-14H2,1-3H3,(H2,23,24,25). The number of hydrogen-bond acceptors (Lipinski definition) is 4. The topological polar surface area (TPSA) is 91.6 Å². The molecule has 8 nitrogen and oxygen atoms in total. The maximum absolute atomic E-state index is 12.4. The van der Waals surface area contributed by atoms with Gasteiger partial charge in [0.05, 0.1) is 16.8 Å². The SMILES string of the molecule is CN=C(NCCCCN1C(=O)c2ccccc2C1=O)NCCCn1nc(C)cc1C. The van der Waals surface area contributed by atoms with Gasteiger partial charge >= 0.3 is 0 Å². The van der Waals surface area contributed by atoms with Gasteiger partial charge in [-0.25, -0.2) is 0 Å². The Morgan fingerprint density at radius 3 is 2.17 bits per heavy atom. The van der Waals surface area contributed by atoms with Crippen molar-refractivity contribution in [2.45, 2.75) is 39.7 Å². The molecule has 2 N–H and O–H groups in total. The van der Waals surface area contributed by atoms with Gasteiger partial charge in [-0.05, 0) is 51.3 Å². The number of amides is 2. The number of rotatable bonds is 9. The lowest BCUT2D eigenvalue weighted by Gasteiger charge is -2.15. The van der Waals surface area contributed by atoms with Crippen LogP contribution < -0.4 is 10.6 Å². The first-order valence-corrected chi connectivity index (χ1v) is 10.4. The second-order valence-electron chi connectivity index (χ2n) is 7.44. The highest BCUT2D eigenvalue weighted by Gasteiger charge is 2.34. The number of nitrogens with one attached hydrogen (secondary N) is 2. The van der Waals surface area contributed by atoms with Gasteiger partial charge in [0.15, 0.2) is 5.96 Å². The first-order valence-electron chi connectivity index (χ1n) is 10.4. The van der Waals surface area contributed by atoms with E-state index in [0.29, 0.717) is 17.7 Å². The zero-order valence-corrected chi connectivity index (χ0v) is 17.9. The Hall–Kier alpha value is -3.16. The number of nitrogens with zero attached hydrogens (tertiary/aromatic N) is 4. The summed E-state index contributed by atoms with van der Waals surface area (Å²) in [6, 6.07) is 9.07. The van der Waals surface area contributed by atoms with Crippen molar-refractivity contribution in [1.82, 2.24) is 25.3 Å². The van der Waals surface area contributed by atoms with Crippen LogP contribution in [-0.2, 0) is 6.54 Å². The number of benzene rings is 1. The van der Waals surface area contributed by atoms with Crippen molar-refractivity contribution < 1.29 is 9.59 Å². The van der Waals surface area contributed by atoms with E-state index < -0.39 is 0 Å². The Balaban J connectivity index is 1.31. The van der Waals surface area contributed by atoms with Crippen molar-refractivity contribution in [3.05, 3.63) is 52.8 Å². The molecule has 1 aromatic heterocycles. The summed E-state index contributed by atoms with van der Waals surface area (Å²) in [4.78, 5) is 30.3. The van der Waals surface area contributed by atoms with Gasteiger partial charge in [-0.15, -0.1) is 0 Å². The fourth-order valence-corrected chi connectivity index (χ4v) is 3.60. The molecule has 2 aromatic rings. The summed E-state index contributed by atoms with van der Waals surface area (Å²) in [5.74, 6) is 0.372. The third-order valence-corrected chi connectivity index (χ3v) is 5.15.